The second kappa shape index (κ2) is 7.28. The minimum Gasteiger partial charge on any atom is -0.381 e. The van der Waals surface area contributed by atoms with Crippen molar-refractivity contribution >= 4 is 10.0 Å². The van der Waals surface area contributed by atoms with Gasteiger partial charge in [-0.15, -0.1) is 0 Å². The summed E-state index contributed by atoms with van der Waals surface area (Å²) in [6.45, 7) is 5.49. The van der Waals surface area contributed by atoms with Gasteiger partial charge in [-0.05, 0) is 43.9 Å². The average molecular weight is 359 g/mol. The maximum Gasteiger partial charge on any atom is 0.240 e. The molecular formula is C20H25NO3S. The van der Waals surface area contributed by atoms with Gasteiger partial charge in [0, 0.05) is 25.2 Å². The fourth-order valence-corrected chi connectivity index (χ4v) is 4.88. The van der Waals surface area contributed by atoms with Gasteiger partial charge in [0.25, 0.3) is 0 Å². The molecule has 1 saturated heterocycles. The van der Waals surface area contributed by atoms with Crippen LogP contribution in [0.5, 0.6) is 0 Å². The van der Waals surface area contributed by atoms with Crippen LogP contribution in [0, 0.1) is 13.8 Å². The van der Waals surface area contributed by atoms with Gasteiger partial charge in [0.05, 0.1) is 4.90 Å². The van der Waals surface area contributed by atoms with E-state index in [-0.39, 0.29) is 5.41 Å². The van der Waals surface area contributed by atoms with Gasteiger partial charge in [0.15, 0.2) is 0 Å². The molecule has 3 rings (SSSR count). The normalized spacial score (nSPS) is 17.4. The van der Waals surface area contributed by atoms with Crippen molar-refractivity contribution in [2.45, 2.75) is 37.0 Å². The van der Waals surface area contributed by atoms with Crippen molar-refractivity contribution in [2.24, 2.45) is 0 Å². The maximum absolute atomic E-state index is 12.8. The zero-order chi connectivity index (χ0) is 17.9. The lowest BCUT2D eigenvalue weighted by Gasteiger charge is -2.38. The third-order valence-corrected chi connectivity index (χ3v) is 6.62. The van der Waals surface area contributed by atoms with Crippen molar-refractivity contribution in [3.8, 4) is 0 Å². The van der Waals surface area contributed by atoms with Crippen molar-refractivity contribution in [3.05, 3.63) is 65.2 Å². The zero-order valence-electron chi connectivity index (χ0n) is 14.8. The second-order valence-electron chi connectivity index (χ2n) is 6.85. The molecule has 0 unspecified atom stereocenters. The molecule has 1 fully saturated rings. The van der Waals surface area contributed by atoms with E-state index in [1.807, 2.05) is 44.2 Å². The number of benzene rings is 2. The highest BCUT2D eigenvalue weighted by atomic mass is 32.2. The first-order chi connectivity index (χ1) is 11.9. The van der Waals surface area contributed by atoms with E-state index in [1.165, 1.54) is 5.56 Å². The first-order valence-corrected chi connectivity index (χ1v) is 10.1. The van der Waals surface area contributed by atoms with Crippen LogP contribution in [-0.2, 0) is 20.2 Å². The van der Waals surface area contributed by atoms with Gasteiger partial charge >= 0.3 is 0 Å². The quantitative estimate of drug-likeness (QED) is 0.891. The molecule has 2 aromatic carbocycles. The smallest absolute Gasteiger partial charge is 0.240 e. The average Bonchev–Trinajstić information content (AvgIpc) is 2.61. The molecule has 25 heavy (non-hydrogen) atoms. The topological polar surface area (TPSA) is 55.4 Å². The van der Waals surface area contributed by atoms with E-state index in [1.54, 1.807) is 6.07 Å². The van der Waals surface area contributed by atoms with Gasteiger partial charge in [0.1, 0.15) is 0 Å². The van der Waals surface area contributed by atoms with E-state index < -0.39 is 10.0 Å². The first kappa shape index (κ1) is 18.1. The lowest BCUT2D eigenvalue weighted by molar-refractivity contribution is 0.0517. The van der Waals surface area contributed by atoms with Gasteiger partial charge in [-0.1, -0.05) is 48.0 Å². The molecule has 4 nitrogen and oxygen atoms in total. The number of hydrogen-bond acceptors (Lipinski definition) is 3. The van der Waals surface area contributed by atoms with E-state index in [0.29, 0.717) is 24.7 Å². The molecular weight excluding hydrogens is 334 g/mol. The molecule has 0 atom stereocenters. The van der Waals surface area contributed by atoms with Gasteiger partial charge < -0.3 is 4.74 Å². The molecule has 5 heteroatoms. The summed E-state index contributed by atoms with van der Waals surface area (Å²) in [5.41, 5.74) is 2.78. The molecule has 134 valence electrons. The molecule has 0 spiro atoms. The Morgan fingerprint density at radius 1 is 1.04 bits per heavy atom. The third-order valence-electron chi connectivity index (χ3n) is 5.06. The molecule has 0 aromatic heterocycles. The van der Waals surface area contributed by atoms with E-state index in [2.05, 4.69) is 16.9 Å². The summed E-state index contributed by atoms with van der Waals surface area (Å²) in [4.78, 5) is 0.355. The largest absolute Gasteiger partial charge is 0.381 e. The molecule has 0 bridgehead atoms. The van der Waals surface area contributed by atoms with Crippen LogP contribution >= 0.6 is 0 Å². The Balaban J connectivity index is 1.86. The van der Waals surface area contributed by atoms with Gasteiger partial charge in [-0.25, -0.2) is 13.1 Å². The molecule has 1 heterocycles. The molecule has 1 aliphatic heterocycles. The van der Waals surface area contributed by atoms with Crippen molar-refractivity contribution in [2.75, 3.05) is 19.8 Å². The Kier molecular flexibility index (Phi) is 5.27. The Hall–Kier alpha value is -1.69. The number of ether oxygens (including phenoxy) is 1. The monoisotopic (exact) mass is 359 g/mol. The van der Waals surface area contributed by atoms with Crippen LogP contribution in [0.4, 0.5) is 0 Å². The van der Waals surface area contributed by atoms with Crippen molar-refractivity contribution in [3.63, 3.8) is 0 Å². The Morgan fingerprint density at radius 3 is 2.36 bits per heavy atom. The van der Waals surface area contributed by atoms with Gasteiger partial charge in [0.2, 0.25) is 10.0 Å². The zero-order valence-corrected chi connectivity index (χ0v) is 15.6. The number of nitrogens with one attached hydrogen (secondary N) is 1. The van der Waals surface area contributed by atoms with E-state index in [9.17, 15) is 8.42 Å². The maximum atomic E-state index is 12.8. The minimum atomic E-state index is -3.54. The molecule has 1 N–H and O–H groups in total. The molecule has 0 saturated carbocycles. The summed E-state index contributed by atoms with van der Waals surface area (Å²) >= 11 is 0. The number of rotatable bonds is 5. The highest BCUT2D eigenvalue weighted by molar-refractivity contribution is 7.89. The highest BCUT2D eigenvalue weighted by Gasteiger charge is 2.35. The van der Waals surface area contributed by atoms with Gasteiger partial charge in [-0.2, -0.15) is 0 Å². The summed E-state index contributed by atoms with van der Waals surface area (Å²) in [5, 5.41) is 0. The van der Waals surface area contributed by atoms with E-state index >= 15 is 0 Å². The second-order valence-corrected chi connectivity index (χ2v) is 8.59. The lowest BCUT2D eigenvalue weighted by atomic mass is 9.74. The van der Waals surface area contributed by atoms with Crippen LogP contribution < -0.4 is 4.72 Å². The van der Waals surface area contributed by atoms with E-state index in [4.69, 9.17) is 4.74 Å². The predicted molar refractivity (Wildman–Crippen MR) is 99.3 cm³/mol. The number of hydrogen-bond donors (Lipinski definition) is 1. The fraction of sp³-hybridized carbons (Fsp3) is 0.400. The van der Waals surface area contributed by atoms with Crippen LogP contribution in [0.25, 0.3) is 0 Å². The van der Waals surface area contributed by atoms with Crippen molar-refractivity contribution < 1.29 is 13.2 Å². The number of sulfonamides is 1. The van der Waals surface area contributed by atoms with Crippen LogP contribution in [-0.4, -0.2) is 28.2 Å². The van der Waals surface area contributed by atoms with Gasteiger partial charge in [-0.3, -0.25) is 0 Å². The summed E-state index contributed by atoms with van der Waals surface area (Å²) in [5.74, 6) is 0. The van der Waals surface area contributed by atoms with Crippen molar-refractivity contribution in [1.29, 1.82) is 0 Å². The van der Waals surface area contributed by atoms with E-state index in [0.717, 1.165) is 24.0 Å². The first-order valence-electron chi connectivity index (χ1n) is 8.63. The lowest BCUT2D eigenvalue weighted by Crippen LogP contribution is -2.44. The minimum absolute atomic E-state index is 0.217. The number of aryl methyl sites for hydroxylation is 2. The van der Waals surface area contributed by atoms with Crippen LogP contribution in [0.15, 0.2) is 53.4 Å². The summed E-state index contributed by atoms with van der Waals surface area (Å²) in [6.07, 6.45) is 1.62. The van der Waals surface area contributed by atoms with Crippen LogP contribution in [0.1, 0.15) is 29.5 Å². The van der Waals surface area contributed by atoms with Crippen LogP contribution in [0.3, 0.4) is 0 Å². The molecule has 0 aliphatic carbocycles. The Bertz CT molecular complexity index is 825. The standard InChI is InChI=1S/C20H25NO3S/c1-16-8-9-19(17(2)14-16)25(22,23)21-15-20(10-12-24-13-11-20)18-6-4-3-5-7-18/h3-9,14,21H,10-13,15H2,1-2H3. The third kappa shape index (κ3) is 3.94. The molecule has 1 aliphatic rings. The summed E-state index contributed by atoms with van der Waals surface area (Å²) in [7, 11) is -3.54. The highest BCUT2D eigenvalue weighted by Crippen LogP contribution is 2.34. The summed E-state index contributed by atoms with van der Waals surface area (Å²) in [6, 6.07) is 15.6. The predicted octanol–water partition coefficient (Wildman–Crippen LogP) is 3.33. The fourth-order valence-electron chi connectivity index (χ4n) is 3.53. The SMILES string of the molecule is Cc1ccc(S(=O)(=O)NCC2(c3ccccc3)CCOCC2)c(C)c1. The van der Waals surface area contributed by atoms with Crippen molar-refractivity contribution in [1.82, 2.24) is 4.72 Å². The summed E-state index contributed by atoms with van der Waals surface area (Å²) < 4.78 is 34.1. The Morgan fingerprint density at radius 2 is 1.72 bits per heavy atom. The molecule has 2 aromatic rings. The molecule has 0 radical (unpaired) electrons. The molecule has 0 amide bonds. The Labute approximate surface area is 150 Å². The van der Waals surface area contributed by atoms with Crippen LogP contribution in [0.2, 0.25) is 0 Å².